The summed E-state index contributed by atoms with van der Waals surface area (Å²) in [6.45, 7) is 2.97. The Kier molecular flexibility index (Phi) is 6.10. The van der Waals surface area contributed by atoms with Crippen molar-refractivity contribution in [3.05, 3.63) is 0 Å². The molecule has 4 heteroatoms. The van der Waals surface area contributed by atoms with Gasteiger partial charge in [-0.25, -0.2) is 0 Å². The van der Waals surface area contributed by atoms with Crippen molar-refractivity contribution in [2.75, 3.05) is 19.6 Å². The summed E-state index contributed by atoms with van der Waals surface area (Å²) in [5.74, 6) is 0. The number of aliphatic hydroxyl groups excluding tert-OH is 1. The van der Waals surface area contributed by atoms with Gasteiger partial charge in [0.2, 0.25) is 0 Å². The highest BCUT2D eigenvalue weighted by molar-refractivity contribution is 4.70. The second kappa shape index (κ2) is 7.17. The van der Waals surface area contributed by atoms with Crippen molar-refractivity contribution in [2.45, 2.75) is 44.4 Å². The van der Waals surface area contributed by atoms with E-state index in [1.165, 1.54) is 12.8 Å². The SMILES string of the molecule is N[C@H]1CCCCCNCCCNC1O. The minimum atomic E-state index is -0.533. The van der Waals surface area contributed by atoms with Gasteiger partial charge in [0, 0.05) is 6.04 Å². The first-order chi connectivity index (χ1) is 6.80. The Hall–Kier alpha value is -0.160. The lowest BCUT2D eigenvalue weighted by Crippen LogP contribution is -2.45. The average molecular weight is 201 g/mol. The van der Waals surface area contributed by atoms with Crippen LogP contribution in [0.2, 0.25) is 0 Å². The molecule has 1 rings (SSSR count). The molecule has 0 spiro atoms. The Bertz CT molecular complexity index is 127. The summed E-state index contributed by atoms with van der Waals surface area (Å²) >= 11 is 0. The van der Waals surface area contributed by atoms with Crippen molar-refractivity contribution in [1.82, 2.24) is 10.6 Å². The fraction of sp³-hybridized carbons (Fsp3) is 1.00. The molecule has 0 aromatic rings. The molecule has 0 bridgehead atoms. The standard InChI is InChI=1S/C10H23N3O/c11-9-5-2-1-3-6-12-7-4-8-13-10(9)14/h9-10,12-14H,1-8,11H2/t9-,10?/m0/s1. The molecule has 2 atom stereocenters. The lowest BCUT2D eigenvalue weighted by atomic mass is 10.1. The van der Waals surface area contributed by atoms with Crippen molar-refractivity contribution in [3.8, 4) is 0 Å². The van der Waals surface area contributed by atoms with Gasteiger partial charge in [0.05, 0.1) is 0 Å². The first kappa shape index (κ1) is 11.9. The molecule has 0 saturated carbocycles. The highest BCUT2D eigenvalue weighted by Crippen LogP contribution is 2.04. The zero-order valence-electron chi connectivity index (χ0n) is 8.84. The zero-order valence-corrected chi connectivity index (χ0v) is 8.84. The molecule has 1 saturated heterocycles. The molecule has 1 unspecified atom stereocenters. The van der Waals surface area contributed by atoms with Gasteiger partial charge in [-0.1, -0.05) is 12.8 Å². The van der Waals surface area contributed by atoms with Crippen LogP contribution in [0.5, 0.6) is 0 Å². The van der Waals surface area contributed by atoms with Crippen molar-refractivity contribution in [1.29, 1.82) is 0 Å². The Morgan fingerprint density at radius 3 is 2.64 bits per heavy atom. The number of hydrogen-bond donors (Lipinski definition) is 4. The Morgan fingerprint density at radius 1 is 1.00 bits per heavy atom. The van der Waals surface area contributed by atoms with Gasteiger partial charge in [0.25, 0.3) is 0 Å². The van der Waals surface area contributed by atoms with Crippen LogP contribution in [0.3, 0.4) is 0 Å². The fourth-order valence-corrected chi connectivity index (χ4v) is 1.70. The molecule has 1 aliphatic heterocycles. The highest BCUT2D eigenvalue weighted by Gasteiger charge is 2.13. The molecule has 0 aliphatic carbocycles. The summed E-state index contributed by atoms with van der Waals surface area (Å²) in [4.78, 5) is 0. The summed E-state index contributed by atoms with van der Waals surface area (Å²) in [5, 5.41) is 16.0. The van der Waals surface area contributed by atoms with Crippen molar-refractivity contribution in [2.24, 2.45) is 5.73 Å². The molecule has 1 fully saturated rings. The molecule has 14 heavy (non-hydrogen) atoms. The van der Waals surface area contributed by atoms with Gasteiger partial charge in [-0.2, -0.15) is 0 Å². The number of aliphatic hydroxyl groups is 1. The molecule has 84 valence electrons. The van der Waals surface area contributed by atoms with Gasteiger partial charge in [0.15, 0.2) is 0 Å². The lowest BCUT2D eigenvalue weighted by Gasteiger charge is -2.20. The minimum absolute atomic E-state index is 0.109. The summed E-state index contributed by atoms with van der Waals surface area (Å²) in [7, 11) is 0. The molecule has 0 aromatic carbocycles. The van der Waals surface area contributed by atoms with E-state index in [9.17, 15) is 5.11 Å². The summed E-state index contributed by atoms with van der Waals surface area (Å²) < 4.78 is 0. The van der Waals surface area contributed by atoms with E-state index in [0.717, 1.165) is 38.9 Å². The Balaban J connectivity index is 2.23. The maximum Gasteiger partial charge on any atom is 0.120 e. The van der Waals surface area contributed by atoms with Gasteiger partial charge in [-0.3, -0.25) is 5.32 Å². The normalized spacial score (nSPS) is 33.0. The average Bonchev–Trinajstić information content (AvgIpc) is 2.18. The molecule has 0 radical (unpaired) electrons. The smallest absolute Gasteiger partial charge is 0.120 e. The van der Waals surface area contributed by atoms with Crippen LogP contribution in [0.4, 0.5) is 0 Å². The molecular formula is C10H23N3O. The number of rotatable bonds is 0. The fourth-order valence-electron chi connectivity index (χ4n) is 1.70. The maximum absolute atomic E-state index is 9.61. The van der Waals surface area contributed by atoms with Crippen molar-refractivity contribution < 1.29 is 5.11 Å². The predicted molar refractivity (Wildman–Crippen MR) is 57.9 cm³/mol. The molecule has 1 heterocycles. The van der Waals surface area contributed by atoms with E-state index in [2.05, 4.69) is 10.6 Å². The molecular weight excluding hydrogens is 178 g/mol. The van der Waals surface area contributed by atoms with E-state index in [0.29, 0.717) is 0 Å². The predicted octanol–water partition coefficient (Wildman–Crippen LogP) is -0.225. The molecule has 5 N–H and O–H groups in total. The first-order valence-corrected chi connectivity index (χ1v) is 5.68. The van der Waals surface area contributed by atoms with Gasteiger partial charge in [0.1, 0.15) is 6.23 Å². The second-order valence-corrected chi connectivity index (χ2v) is 4.02. The first-order valence-electron chi connectivity index (χ1n) is 5.68. The van der Waals surface area contributed by atoms with E-state index in [-0.39, 0.29) is 6.04 Å². The summed E-state index contributed by atoms with van der Waals surface area (Å²) in [5.41, 5.74) is 5.83. The van der Waals surface area contributed by atoms with Gasteiger partial charge in [-0.15, -0.1) is 0 Å². The third-order valence-electron chi connectivity index (χ3n) is 2.68. The van der Waals surface area contributed by atoms with Crippen LogP contribution in [0, 0.1) is 0 Å². The monoisotopic (exact) mass is 201 g/mol. The van der Waals surface area contributed by atoms with E-state index in [1.807, 2.05) is 0 Å². The third-order valence-corrected chi connectivity index (χ3v) is 2.68. The van der Waals surface area contributed by atoms with Crippen molar-refractivity contribution >= 4 is 0 Å². The summed E-state index contributed by atoms with van der Waals surface area (Å²) in [6, 6.07) is -0.109. The molecule has 4 nitrogen and oxygen atoms in total. The second-order valence-electron chi connectivity index (χ2n) is 4.02. The number of hydrogen-bond acceptors (Lipinski definition) is 4. The van der Waals surface area contributed by atoms with Crippen molar-refractivity contribution in [3.63, 3.8) is 0 Å². The van der Waals surface area contributed by atoms with E-state index >= 15 is 0 Å². The van der Waals surface area contributed by atoms with Crippen LogP contribution in [0.25, 0.3) is 0 Å². The van der Waals surface area contributed by atoms with Crippen LogP contribution in [0.15, 0.2) is 0 Å². The molecule has 1 aliphatic rings. The zero-order chi connectivity index (χ0) is 10.2. The number of nitrogens with two attached hydrogens (primary N) is 1. The minimum Gasteiger partial charge on any atom is -0.377 e. The van der Waals surface area contributed by atoms with Gasteiger partial charge in [-0.05, 0) is 38.9 Å². The van der Waals surface area contributed by atoms with Gasteiger partial charge < -0.3 is 16.2 Å². The van der Waals surface area contributed by atoms with E-state index in [1.54, 1.807) is 0 Å². The Morgan fingerprint density at radius 2 is 1.79 bits per heavy atom. The lowest BCUT2D eigenvalue weighted by molar-refractivity contribution is 0.104. The van der Waals surface area contributed by atoms with Crippen LogP contribution < -0.4 is 16.4 Å². The van der Waals surface area contributed by atoms with Crippen LogP contribution in [-0.2, 0) is 0 Å². The Labute approximate surface area is 86.3 Å². The van der Waals surface area contributed by atoms with E-state index in [4.69, 9.17) is 5.73 Å². The molecule has 0 aromatic heterocycles. The van der Waals surface area contributed by atoms with Crippen LogP contribution >= 0.6 is 0 Å². The third kappa shape index (κ3) is 4.91. The largest absolute Gasteiger partial charge is 0.377 e. The van der Waals surface area contributed by atoms with Crippen LogP contribution in [0.1, 0.15) is 32.1 Å². The van der Waals surface area contributed by atoms with Crippen LogP contribution in [-0.4, -0.2) is 37.0 Å². The van der Waals surface area contributed by atoms with Gasteiger partial charge >= 0.3 is 0 Å². The van der Waals surface area contributed by atoms with E-state index < -0.39 is 6.23 Å². The quantitative estimate of drug-likeness (QED) is 0.437. The summed E-state index contributed by atoms with van der Waals surface area (Å²) in [6.07, 6.45) is 4.96. The molecule has 0 amide bonds. The topological polar surface area (TPSA) is 70.3 Å². The maximum atomic E-state index is 9.61. The highest BCUT2D eigenvalue weighted by atomic mass is 16.3. The number of nitrogens with one attached hydrogen (secondary N) is 2.